The molecule has 25 heavy (non-hydrogen) atoms. The maximum absolute atomic E-state index is 10.6. The Balaban J connectivity index is 1.61. The molecule has 0 bridgehead atoms. The van der Waals surface area contributed by atoms with Crippen molar-refractivity contribution < 1.29 is 9.84 Å². The molecule has 1 aromatic heterocycles. The highest BCUT2D eigenvalue weighted by Gasteiger charge is 2.18. The first-order valence-electron chi connectivity index (χ1n) is 9.05. The second-order valence-electron chi connectivity index (χ2n) is 6.83. The molecule has 3 rings (SSSR count). The third-order valence-electron chi connectivity index (χ3n) is 4.73. The maximum Gasteiger partial charge on any atom is 0.0794 e. The molecule has 0 aliphatic carbocycles. The average Bonchev–Trinajstić information content (AvgIpc) is 3.01. The highest BCUT2D eigenvalue weighted by atomic mass is 16.5. The molecule has 1 aliphatic heterocycles. The quantitative estimate of drug-likeness (QED) is 0.792. The van der Waals surface area contributed by atoms with Crippen molar-refractivity contribution in [2.45, 2.75) is 19.2 Å². The van der Waals surface area contributed by atoms with Crippen molar-refractivity contribution in [1.29, 1.82) is 0 Å². The van der Waals surface area contributed by atoms with Gasteiger partial charge in [-0.15, -0.1) is 0 Å². The van der Waals surface area contributed by atoms with Crippen LogP contribution < -0.4 is 0 Å². The van der Waals surface area contributed by atoms with Gasteiger partial charge in [0.1, 0.15) is 0 Å². The van der Waals surface area contributed by atoms with Crippen molar-refractivity contribution in [1.82, 2.24) is 14.4 Å². The molecule has 0 spiro atoms. The van der Waals surface area contributed by atoms with Crippen LogP contribution in [0.1, 0.15) is 11.3 Å². The Hall–Kier alpha value is -1.66. The minimum absolute atomic E-state index is 0.359. The van der Waals surface area contributed by atoms with E-state index in [9.17, 15) is 5.11 Å². The highest BCUT2D eigenvalue weighted by molar-refractivity contribution is 5.15. The zero-order valence-electron chi connectivity index (χ0n) is 15.1. The molecule has 5 heteroatoms. The summed E-state index contributed by atoms with van der Waals surface area (Å²) in [4.78, 5) is 4.62. The van der Waals surface area contributed by atoms with Crippen LogP contribution in [0.15, 0.2) is 48.7 Å². The summed E-state index contributed by atoms with van der Waals surface area (Å²) in [5.41, 5.74) is 2.53. The summed E-state index contributed by atoms with van der Waals surface area (Å²) in [6.45, 7) is 6.40. The molecular weight excluding hydrogens is 314 g/mol. The standard InChI is InChI=1S/C20H29N3O2/c1-21-9-5-8-19(21)15-23(14-18-6-3-2-4-7-18)17-20(24)16-22-10-12-25-13-11-22/h2-9,20,24H,10-17H2,1H3/t20-/m1/s1. The normalized spacial score (nSPS) is 17.1. The van der Waals surface area contributed by atoms with E-state index in [-0.39, 0.29) is 6.10 Å². The Bertz CT molecular complexity index is 623. The number of aryl methyl sites for hydroxylation is 1. The first-order valence-corrected chi connectivity index (χ1v) is 9.05. The van der Waals surface area contributed by atoms with E-state index >= 15 is 0 Å². The Kier molecular flexibility index (Phi) is 6.64. The monoisotopic (exact) mass is 343 g/mol. The average molecular weight is 343 g/mol. The van der Waals surface area contributed by atoms with Gasteiger partial charge in [0.15, 0.2) is 0 Å². The van der Waals surface area contributed by atoms with Crippen LogP contribution in [-0.2, 0) is 24.9 Å². The summed E-state index contributed by atoms with van der Waals surface area (Å²) in [6.07, 6.45) is 1.71. The van der Waals surface area contributed by atoms with E-state index in [1.165, 1.54) is 11.3 Å². The van der Waals surface area contributed by atoms with E-state index in [0.29, 0.717) is 13.1 Å². The van der Waals surface area contributed by atoms with Crippen molar-refractivity contribution in [2.75, 3.05) is 39.4 Å². The Morgan fingerprint density at radius 3 is 2.52 bits per heavy atom. The third kappa shape index (κ3) is 5.68. The zero-order valence-corrected chi connectivity index (χ0v) is 15.1. The molecule has 1 aromatic carbocycles. The van der Waals surface area contributed by atoms with Gasteiger partial charge in [0.25, 0.3) is 0 Å². The van der Waals surface area contributed by atoms with E-state index in [0.717, 1.165) is 39.4 Å². The lowest BCUT2D eigenvalue weighted by molar-refractivity contribution is 0.00541. The molecular formula is C20H29N3O2. The number of rotatable bonds is 8. The molecule has 0 amide bonds. The van der Waals surface area contributed by atoms with Crippen LogP contribution in [0.2, 0.25) is 0 Å². The van der Waals surface area contributed by atoms with Crippen LogP contribution in [-0.4, -0.2) is 65.0 Å². The van der Waals surface area contributed by atoms with Gasteiger partial charge in [0.2, 0.25) is 0 Å². The highest BCUT2D eigenvalue weighted by Crippen LogP contribution is 2.12. The van der Waals surface area contributed by atoms with Gasteiger partial charge in [-0.2, -0.15) is 0 Å². The largest absolute Gasteiger partial charge is 0.390 e. The van der Waals surface area contributed by atoms with Gasteiger partial charge in [-0.1, -0.05) is 30.3 Å². The zero-order chi connectivity index (χ0) is 17.5. The van der Waals surface area contributed by atoms with Gasteiger partial charge in [-0.3, -0.25) is 9.80 Å². The first-order chi connectivity index (χ1) is 12.2. The molecule has 0 saturated carbocycles. The lowest BCUT2D eigenvalue weighted by atomic mass is 10.2. The SMILES string of the molecule is Cn1cccc1CN(Cc1ccccc1)C[C@H](O)CN1CCOCC1. The molecule has 1 atom stereocenters. The number of hydrogen-bond acceptors (Lipinski definition) is 4. The van der Waals surface area contributed by atoms with E-state index in [1.54, 1.807) is 0 Å². The summed E-state index contributed by atoms with van der Waals surface area (Å²) in [5, 5.41) is 10.6. The van der Waals surface area contributed by atoms with Crippen LogP contribution in [0.3, 0.4) is 0 Å². The molecule has 1 fully saturated rings. The number of benzene rings is 1. The molecule has 1 N–H and O–H groups in total. The molecule has 5 nitrogen and oxygen atoms in total. The predicted molar refractivity (Wildman–Crippen MR) is 99.2 cm³/mol. The smallest absolute Gasteiger partial charge is 0.0794 e. The summed E-state index contributed by atoms with van der Waals surface area (Å²) in [7, 11) is 2.07. The number of morpholine rings is 1. The summed E-state index contributed by atoms with van der Waals surface area (Å²) >= 11 is 0. The maximum atomic E-state index is 10.6. The van der Waals surface area contributed by atoms with Gasteiger partial charge >= 0.3 is 0 Å². The van der Waals surface area contributed by atoms with Crippen LogP contribution in [0.5, 0.6) is 0 Å². The lowest BCUT2D eigenvalue weighted by Gasteiger charge is -2.31. The predicted octanol–water partition coefficient (Wildman–Crippen LogP) is 1.72. The van der Waals surface area contributed by atoms with Gasteiger partial charge in [-0.05, 0) is 17.7 Å². The summed E-state index contributed by atoms with van der Waals surface area (Å²) in [5.74, 6) is 0. The second kappa shape index (κ2) is 9.15. The number of hydrogen-bond donors (Lipinski definition) is 1. The van der Waals surface area contributed by atoms with E-state index in [1.807, 2.05) is 6.07 Å². The molecule has 1 aliphatic rings. The van der Waals surface area contributed by atoms with Crippen molar-refractivity contribution in [2.24, 2.45) is 7.05 Å². The van der Waals surface area contributed by atoms with Crippen molar-refractivity contribution in [3.8, 4) is 0 Å². The first kappa shape index (κ1) is 18.1. The fraction of sp³-hybridized carbons (Fsp3) is 0.500. The Morgan fingerprint density at radius 1 is 1.08 bits per heavy atom. The van der Waals surface area contributed by atoms with Crippen molar-refractivity contribution >= 4 is 0 Å². The fourth-order valence-corrected chi connectivity index (χ4v) is 3.35. The molecule has 2 heterocycles. The summed E-state index contributed by atoms with van der Waals surface area (Å²) in [6, 6.07) is 14.7. The number of aliphatic hydroxyl groups is 1. The Morgan fingerprint density at radius 2 is 1.84 bits per heavy atom. The third-order valence-corrected chi connectivity index (χ3v) is 4.73. The second-order valence-corrected chi connectivity index (χ2v) is 6.83. The van der Waals surface area contributed by atoms with Crippen molar-refractivity contribution in [3.05, 3.63) is 59.9 Å². The molecule has 136 valence electrons. The van der Waals surface area contributed by atoms with Crippen LogP contribution in [0, 0.1) is 0 Å². The minimum atomic E-state index is -0.359. The van der Waals surface area contributed by atoms with Crippen LogP contribution in [0.25, 0.3) is 0 Å². The van der Waals surface area contributed by atoms with Gasteiger partial charge < -0.3 is 14.4 Å². The Labute approximate surface area is 150 Å². The minimum Gasteiger partial charge on any atom is -0.390 e. The number of aromatic nitrogens is 1. The van der Waals surface area contributed by atoms with Gasteiger partial charge in [0, 0.05) is 58.2 Å². The molecule has 0 unspecified atom stereocenters. The lowest BCUT2D eigenvalue weighted by Crippen LogP contribution is -2.44. The number of nitrogens with zero attached hydrogens (tertiary/aromatic N) is 3. The van der Waals surface area contributed by atoms with Gasteiger partial charge in [-0.25, -0.2) is 0 Å². The van der Waals surface area contributed by atoms with Crippen LogP contribution >= 0.6 is 0 Å². The molecule has 0 radical (unpaired) electrons. The van der Waals surface area contributed by atoms with Gasteiger partial charge in [0.05, 0.1) is 19.3 Å². The molecule has 2 aromatic rings. The van der Waals surface area contributed by atoms with Crippen molar-refractivity contribution in [3.63, 3.8) is 0 Å². The van der Waals surface area contributed by atoms with E-state index in [4.69, 9.17) is 4.74 Å². The van der Waals surface area contributed by atoms with E-state index < -0.39 is 0 Å². The molecule has 1 saturated heterocycles. The topological polar surface area (TPSA) is 40.9 Å². The number of β-amino-alcohol motifs (C(OH)–C–C–N with tert-alkyl or cyclic N) is 1. The van der Waals surface area contributed by atoms with E-state index in [2.05, 4.69) is 64.0 Å². The number of aliphatic hydroxyl groups excluding tert-OH is 1. The summed E-state index contributed by atoms with van der Waals surface area (Å²) < 4.78 is 7.53. The fourth-order valence-electron chi connectivity index (χ4n) is 3.35. The van der Waals surface area contributed by atoms with Crippen LogP contribution in [0.4, 0.5) is 0 Å². The number of ether oxygens (including phenoxy) is 1.